The van der Waals surface area contributed by atoms with Crippen LogP contribution in [0.25, 0.3) is 0 Å². The molecule has 1 amide bonds. The Hall–Kier alpha value is -2.30. The highest BCUT2D eigenvalue weighted by Crippen LogP contribution is 2.36. The zero-order chi connectivity index (χ0) is 16.6. The van der Waals surface area contributed by atoms with Crippen LogP contribution in [-0.4, -0.2) is 44.2 Å². The Morgan fingerprint density at radius 1 is 1.17 bits per heavy atom. The second-order valence-electron chi connectivity index (χ2n) is 6.57. The minimum Gasteiger partial charge on any atom is -0.347 e. The van der Waals surface area contributed by atoms with Gasteiger partial charge in [0.1, 0.15) is 0 Å². The van der Waals surface area contributed by atoms with Crippen LogP contribution in [0.1, 0.15) is 39.5 Å². The number of nitrogens with zero attached hydrogens (tertiary/aromatic N) is 3. The van der Waals surface area contributed by atoms with Gasteiger partial charge in [-0.15, -0.1) is 0 Å². The van der Waals surface area contributed by atoms with Crippen molar-refractivity contribution in [1.82, 2.24) is 10.1 Å². The van der Waals surface area contributed by atoms with Crippen molar-refractivity contribution in [2.75, 3.05) is 33.1 Å². The highest BCUT2D eigenvalue weighted by atomic mass is 16.5. The van der Waals surface area contributed by atoms with Crippen molar-refractivity contribution in [2.45, 2.75) is 25.2 Å². The highest BCUT2D eigenvalue weighted by molar-refractivity contribution is 5.93. The first-order chi connectivity index (χ1) is 11.0. The number of hydrogen-bond acceptors (Lipinski definition) is 4. The Morgan fingerprint density at radius 3 is 2.48 bits per heavy atom. The maximum absolute atomic E-state index is 12.0. The molecule has 3 rings (SSSR count). The predicted molar refractivity (Wildman–Crippen MR) is 90.1 cm³/mol. The van der Waals surface area contributed by atoms with Gasteiger partial charge in [0.25, 0.3) is 5.91 Å². The van der Waals surface area contributed by atoms with Crippen molar-refractivity contribution in [2.24, 2.45) is 0 Å². The molecule has 0 aliphatic heterocycles. The minimum atomic E-state index is 0.0383. The maximum Gasteiger partial charge on any atom is 0.253 e. The first kappa shape index (κ1) is 15.6. The fourth-order valence-corrected chi connectivity index (χ4v) is 3.19. The molecule has 122 valence electrons. The summed E-state index contributed by atoms with van der Waals surface area (Å²) in [7, 11) is 7.50. The van der Waals surface area contributed by atoms with E-state index < -0.39 is 0 Å². The molecule has 1 atom stereocenters. The molecular weight excluding hydrogens is 290 g/mol. The van der Waals surface area contributed by atoms with E-state index in [1.54, 1.807) is 19.0 Å². The number of aryl methyl sites for hydroxylation is 1. The Balaban J connectivity index is 1.81. The van der Waals surface area contributed by atoms with E-state index >= 15 is 0 Å². The van der Waals surface area contributed by atoms with Gasteiger partial charge in [-0.3, -0.25) is 4.79 Å². The number of anilines is 1. The third-order valence-electron chi connectivity index (χ3n) is 4.47. The number of carbonyl (C=O) groups is 1. The predicted octanol–water partition coefficient (Wildman–Crippen LogP) is 2.71. The number of aromatic nitrogens is 1. The Morgan fingerprint density at radius 2 is 1.87 bits per heavy atom. The van der Waals surface area contributed by atoms with Crippen molar-refractivity contribution >= 4 is 11.8 Å². The molecule has 5 nitrogen and oxygen atoms in total. The van der Waals surface area contributed by atoms with E-state index in [4.69, 9.17) is 4.52 Å². The molecule has 0 saturated heterocycles. The number of hydrogen-bond donors (Lipinski definition) is 0. The highest BCUT2D eigenvalue weighted by Gasteiger charge is 2.27. The first-order valence-corrected chi connectivity index (χ1v) is 7.93. The van der Waals surface area contributed by atoms with Crippen LogP contribution in [0.3, 0.4) is 0 Å². The average molecular weight is 313 g/mol. The molecule has 5 heteroatoms. The van der Waals surface area contributed by atoms with Crippen LogP contribution in [0.5, 0.6) is 0 Å². The molecule has 0 spiro atoms. The number of fused-ring (bicyclic) bond motifs is 1. The Labute approximate surface area is 136 Å². The van der Waals surface area contributed by atoms with Crippen LogP contribution in [0.4, 0.5) is 5.88 Å². The lowest BCUT2D eigenvalue weighted by Gasteiger charge is -2.23. The molecule has 23 heavy (non-hydrogen) atoms. The zero-order valence-corrected chi connectivity index (χ0v) is 14.2. The summed E-state index contributed by atoms with van der Waals surface area (Å²) in [5.74, 6) is 1.35. The minimum absolute atomic E-state index is 0.0383. The fraction of sp³-hybridized carbons (Fsp3) is 0.444. The topological polar surface area (TPSA) is 49.6 Å². The molecule has 1 aromatic heterocycles. The summed E-state index contributed by atoms with van der Waals surface area (Å²) in [5, 5.41) is 4.20. The smallest absolute Gasteiger partial charge is 0.253 e. The van der Waals surface area contributed by atoms with Gasteiger partial charge in [-0.2, -0.15) is 0 Å². The van der Waals surface area contributed by atoms with Gasteiger partial charge in [0.15, 0.2) is 0 Å². The summed E-state index contributed by atoms with van der Waals surface area (Å²) in [6.45, 7) is 0. The maximum atomic E-state index is 12.0. The largest absolute Gasteiger partial charge is 0.347 e. The normalized spacial score (nSPS) is 16.8. The summed E-state index contributed by atoms with van der Waals surface area (Å²) in [6, 6.07) is 8.01. The SMILES string of the molecule is CN(C)C(=O)c1ccc(C2CCc3noc(N(C)C)c3C2)cc1. The van der Waals surface area contributed by atoms with Crippen LogP contribution in [0.2, 0.25) is 0 Å². The van der Waals surface area contributed by atoms with Crippen molar-refractivity contribution < 1.29 is 9.32 Å². The summed E-state index contributed by atoms with van der Waals surface area (Å²) < 4.78 is 5.47. The zero-order valence-electron chi connectivity index (χ0n) is 14.2. The Kier molecular flexibility index (Phi) is 4.11. The second-order valence-corrected chi connectivity index (χ2v) is 6.57. The molecule has 2 aromatic rings. The standard InChI is InChI=1S/C18H23N3O2/c1-20(2)17(22)13-7-5-12(6-8-13)14-9-10-16-15(11-14)18(21(3)4)23-19-16/h5-8,14H,9-11H2,1-4H3. The third-order valence-corrected chi connectivity index (χ3v) is 4.47. The lowest BCUT2D eigenvalue weighted by molar-refractivity contribution is 0.0827. The van der Waals surface area contributed by atoms with Gasteiger partial charge in [-0.1, -0.05) is 17.3 Å². The van der Waals surface area contributed by atoms with Gasteiger partial charge in [-0.05, 0) is 42.9 Å². The van der Waals surface area contributed by atoms with E-state index in [9.17, 15) is 4.79 Å². The first-order valence-electron chi connectivity index (χ1n) is 7.93. The summed E-state index contributed by atoms with van der Waals surface area (Å²) in [4.78, 5) is 15.6. The van der Waals surface area contributed by atoms with Crippen LogP contribution >= 0.6 is 0 Å². The van der Waals surface area contributed by atoms with Crippen molar-refractivity contribution in [3.05, 3.63) is 46.6 Å². The number of amides is 1. The van der Waals surface area contributed by atoms with E-state index in [1.807, 2.05) is 31.1 Å². The molecule has 0 saturated carbocycles. The summed E-state index contributed by atoms with van der Waals surface area (Å²) in [6.07, 6.45) is 2.94. The number of rotatable bonds is 3. The summed E-state index contributed by atoms with van der Waals surface area (Å²) >= 11 is 0. The number of benzene rings is 1. The van der Waals surface area contributed by atoms with E-state index in [0.29, 0.717) is 5.92 Å². The molecular formula is C18H23N3O2. The van der Waals surface area contributed by atoms with E-state index in [1.165, 1.54) is 11.1 Å². The molecule has 1 aliphatic carbocycles. The fourth-order valence-electron chi connectivity index (χ4n) is 3.19. The lowest BCUT2D eigenvalue weighted by atomic mass is 9.82. The lowest BCUT2D eigenvalue weighted by Crippen LogP contribution is -2.21. The van der Waals surface area contributed by atoms with E-state index in [-0.39, 0.29) is 5.91 Å². The second kappa shape index (κ2) is 6.07. The van der Waals surface area contributed by atoms with Gasteiger partial charge in [0, 0.05) is 39.3 Å². The molecule has 1 unspecified atom stereocenters. The molecule has 0 bridgehead atoms. The molecule has 1 aromatic carbocycles. The van der Waals surface area contributed by atoms with Gasteiger partial charge in [0.05, 0.1) is 5.69 Å². The molecule has 1 aliphatic rings. The van der Waals surface area contributed by atoms with Gasteiger partial charge >= 0.3 is 0 Å². The van der Waals surface area contributed by atoms with Crippen molar-refractivity contribution in [3.8, 4) is 0 Å². The molecule has 0 radical (unpaired) electrons. The van der Waals surface area contributed by atoms with Gasteiger partial charge in [-0.25, -0.2) is 0 Å². The van der Waals surface area contributed by atoms with Crippen LogP contribution in [0, 0.1) is 0 Å². The molecule has 0 N–H and O–H groups in total. The van der Waals surface area contributed by atoms with Gasteiger partial charge in [0.2, 0.25) is 5.88 Å². The molecule has 0 fully saturated rings. The van der Waals surface area contributed by atoms with Crippen molar-refractivity contribution in [3.63, 3.8) is 0 Å². The van der Waals surface area contributed by atoms with E-state index in [0.717, 1.165) is 36.4 Å². The Bertz CT molecular complexity index is 702. The summed E-state index contributed by atoms with van der Waals surface area (Å²) in [5.41, 5.74) is 4.31. The van der Waals surface area contributed by atoms with Crippen LogP contribution in [-0.2, 0) is 12.8 Å². The van der Waals surface area contributed by atoms with Crippen LogP contribution < -0.4 is 4.90 Å². The quantitative estimate of drug-likeness (QED) is 0.874. The molecule has 1 heterocycles. The van der Waals surface area contributed by atoms with E-state index in [2.05, 4.69) is 17.3 Å². The number of carbonyl (C=O) groups excluding carboxylic acids is 1. The van der Waals surface area contributed by atoms with Crippen LogP contribution in [0.15, 0.2) is 28.8 Å². The average Bonchev–Trinajstić information content (AvgIpc) is 2.97. The van der Waals surface area contributed by atoms with Crippen molar-refractivity contribution in [1.29, 1.82) is 0 Å². The van der Waals surface area contributed by atoms with Gasteiger partial charge < -0.3 is 14.3 Å². The monoisotopic (exact) mass is 313 g/mol. The third kappa shape index (κ3) is 2.96.